The Hall–Kier alpha value is -1.45. The molecule has 28 heavy (non-hydrogen) atoms. The van der Waals surface area contributed by atoms with Crippen LogP contribution < -0.4 is 0 Å². The van der Waals surface area contributed by atoms with Gasteiger partial charge in [0.1, 0.15) is 12.2 Å². The molecule has 1 aromatic carbocycles. The van der Waals surface area contributed by atoms with E-state index >= 15 is 0 Å². The molecule has 0 saturated heterocycles. The molecule has 3 heteroatoms. The second kappa shape index (κ2) is 14.5. The molecular formula is C25H38O3. The van der Waals surface area contributed by atoms with Crippen LogP contribution in [0.4, 0.5) is 0 Å². The Labute approximate surface area is 171 Å². The molecule has 0 N–H and O–H groups in total. The molecule has 156 valence electrons. The van der Waals surface area contributed by atoms with Gasteiger partial charge in [-0.05, 0) is 24.1 Å². The summed E-state index contributed by atoms with van der Waals surface area (Å²) in [6, 6.07) is 10.1. The summed E-state index contributed by atoms with van der Waals surface area (Å²) in [5.41, 5.74) is 1.15. The van der Waals surface area contributed by atoms with Gasteiger partial charge in [-0.25, -0.2) is 0 Å². The summed E-state index contributed by atoms with van der Waals surface area (Å²) < 4.78 is 11.7. The van der Waals surface area contributed by atoms with E-state index in [2.05, 4.69) is 19.1 Å². The van der Waals surface area contributed by atoms with Crippen LogP contribution in [0.2, 0.25) is 0 Å². The van der Waals surface area contributed by atoms with Crippen LogP contribution in [0.5, 0.6) is 0 Å². The highest BCUT2D eigenvalue weighted by atomic mass is 16.5. The van der Waals surface area contributed by atoms with Crippen LogP contribution >= 0.6 is 0 Å². The van der Waals surface area contributed by atoms with Gasteiger partial charge in [-0.15, -0.1) is 0 Å². The maximum atomic E-state index is 12.1. The lowest BCUT2D eigenvalue weighted by Crippen LogP contribution is -2.34. The van der Waals surface area contributed by atoms with Gasteiger partial charge in [0.15, 0.2) is 5.78 Å². The van der Waals surface area contributed by atoms with Gasteiger partial charge in [0.05, 0.1) is 13.2 Å². The number of hydrogen-bond acceptors (Lipinski definition) is 3. The fraction of sp³-hybridized carbons (Fsp3) is 0.640. The van der Waals surface area contributed by atoms with E-state index in [1.165, 1.54) is 57.8 Å². The quantitative estimate of drug-likeness (QED) is 0.327. The molecule has 0 fully saturated rings. The number of hydrogen-bond donors (Lipinski definition) is 0. The van der Waals surface area contributed by atoms with Crippen LogP contribution in [0.25, 0.3) is 0 Å². The van der Waals surface area contributed by atoms with Crippen molar-refractivity contribution in [1.29, 1.82) is 0 Å². The number of rotatable bonds is 15. The zero-order valence-corrected chi connectivity index (χ0v) is 17.6. The minimum atomic E-state index is -0.288. The summed E-state index contributed by atoms with van der Waals surface area (Å²) in [7, 11) is 0. The van der Waals surface area contributed by atoms with E-state index in [1.54, 1.807) is 6.08 Å². The lowest BCUT2D eigenvalue weighted by Gasteiger charge is -2.25. The van der Waals surface area contributed by atoms with Crippen molar-refractivity contribution in [2.45, 2.75) is 96.4 Å². The minimum Gasteiger partial charge on any atom is -0.374 e. The molecule has 0 unspecified atom stereocenters. The van der Waals surface area contributed by atoms with Crippen molar-refractivity contribution in [3.8, 4) is 0 Å². The van der Waals surface area contributed by atoms with Crippen molar-refractivity contribution in [3.05, 3.63) is 48.0 Å². The summed E-state index contributed by atoms with van der Waals surface area (Å²) in [6.07, 6.45) is 17.0. The van der Waals surface area contributed by atoms with Crippen LogP contribution in [0.1, 0.15) is 83.1 Å². The van der Waals surface area contributed by atoms with Crippen LogP contribution in [-0.4, -0.2) is 24.6 Å². The van der Waals surface area contributed by atoms with Crippen LogP contribution in [0.3, 0.4) is 0 Å². The highest BCUT2D eigenvalue weighted by Crippen LogP contribution is 2.18. The van der Waals surface area contributed by atoms with Crippen molar-refractivity contribution in [2.24, 2.45) is 0 Å². The standard InChI is InChI=1S/C25H38O3/c1-2-3-4-5-6-7-8-9-10-14-17-25-24(26)19-18-23(28-25)21-27-20-22-15-12-11-13-16-22/h11-13,15-16,18-19,23,25H,2-10,14,17,20-21H2,1H3/t23-,25-/m1/s1. The Morgan fingerprint density at radius 2 is 1.54 bits per heavy atom. The van der Waals surface area contributed by atoms with E-state index in [0.29, 0.717) is 13.2 Å². The van der Waals surface area contributed by atoms with Crippen molar-refractivity contribution < 1.29 is 14.3 Å². The summed E-state index contributed by atoms with van der Waals surface area (Å²) in [4.78, 5) is 12.1. The molecule has 0 aromatic heterocycles. The van der Waals surface area contributed by atoms with E-state index in [0.717, 1.165) is 18.4 Å². The molecule has 3 nitrogen and oxygen atoms in total. The van der Waals surface area contributed by atoms with Gasteiger partial charge in [0.2, 0.25) is 0 Å². The number of carbonyl (C=O) groups is 1. The number of carbonyl (C=O) groups excluding carboxylic acids is 1. The summed E-state index contributed by atoms with van der Waals surface area (Å²) in [6.45, 7) is 3.33. The van der Waals surface area contributed by atoms with Gasteiger partial charge < -0.3 is 9.47 Å². The van der Waals surface area contributed by atoms with E-state index < -0.39 is 0 Å². The van der Waals surface area contributed by atoms with Gasteiger partial charge in [-0.1, -0.05) is 101 Å². The van der Waals surface area contributed by atoms with E-state index in [1.807, 2.05) is 24.3 Å². The Morgan fingerprint density at radius 1 is 0.893 bits per heavy atom. The van der Waals surface area contributed by atoms with E-state index in [9.17, 15) is 4.79 Å². The van der Waals surface area contributed by atoms with Gasteiger partial charge in [0, 0.05) is 0 Å². The second-order valence-electron chi connectivity index (χ2n) is 7.90. The topological polar surface area (TPSA) is 35.5 Å². The number of ether oxygens (including phenoxy) is 2. The van der Waals surface area contributed by atoms with Crippen molar-refractivity contribution in [3.63, 3.8) is 0 Å². The molecule has 0 spiro atoms. The fourth-order valence-corrected chi connectivity index (χ4v) is 3.62. The molecule has 1 aliphatic heterocycles. The summed E-state index contributed by atoms with van der Waals surface area (Å²) in [5, 5.41) is 0. The predicted molar refractivity (Wildman–Crippen MR) is 115 cm³/mol. The van der Waals surface area contributed by atoms with E-state index in [4.69, 9.17) is 9.47 Å². The van der Waals surface area contributed by atoms with Crippen LogP contribution in [0.15, 0.2) is 42.5 Å². The molecule has 1 heterocycles. The maximum absolute atomic E-state index is 12.1. The molecule has 0 amide bonds. The Morgan fingerprint density at radius 3 is 2.21 bits per heavy atom. The summed E-state index contributed by atoms with van der Waals surface area (Å²) in [5.74, 6) is 0.107. The molecule has 1 aromatic rings. The smallest absolute Gasteiger partial charge is 0.184 e. The SMILES string of the molecule is CCCCCCCCCCCC[C@H]1O[C@@H](COCc2ccccc2)C=CC1=O. The van der Waals surface area contributed by atoms with Gasteiger partial charge in [-0.2, -0.15) is 0 Å². The largest absolute Gasteiger partial charge is 0.374 e. The van der Waals surface area contributed by atoms with Crippen molar-refractivity contribution in [2.75, 3.05) is 6.61 Å². The molecule has 2 rings (SSSR count). The van der Waals surface area contributed by atoms with Crippen molar-refractivity contribution in [1.82, 2.24) is 0 Å². The van der Waals surface area contributed by atoms with Gasteiger partial charge in [-0.3, -0.25) is 4.79 Å². The maximum Gasteiger partial charge on any atom is 0.184 e. The highest BCUT2D eigenvalue weighted by molar-refractivity contribution is 5.94. The zero-order valence-electron chi connectivity index (χ0n) is 17.6. The second-order valence-corrected chi connectivity index (χ2v) is 7.90. The van der Waals surface area contributed by atoms with Gasteiger partial charge in [0.25, 0.3) is 0 Å². The molecule has 0 radical (unpaired) electrons. The lowest BCUT2D eigenvalue weighted by molar-refractivity contribution is -0.133. The third-order valence-corrected chi connectivity index (χ3v) is 5.35. The number of benzene rings is 1. The van der Waals surface area contributed by atoms with Crippen molar-refractivity contribution >= 4 is 5.78 Å². The first-order valence-corrected chi connectivity index (χ1v) is 11.3. The Kier molecular flexibility index (Phi) is 11.9. The minimum absolute atomic E-state index is 0.107. The molecular weight excluding hydrogens is 348 g/mol. The van der Waals surface area contributed by atoms with E-state index in [-0.39, 0.29) is 18.0 Å². The molecule has 0 bridgehead atoms. The molecule has 0 aliphatic carbocycles. The Balaban J connectivity index is 1.52. The van der Waals surface area contributed by atoms with Gasteiger partial charge >= 0.3 is 0 Å². The normalized spacial score (nSPS) is 19.2. The molecule has 1 aliphatic rings. The number of ketones is 1. The first kappa shape index (κ1) is 22.8. The first-order chi connectivity index (χ1) is 13.8. The first-order valence-electron chi connectivity index (χ1n) is 11.3. The van der Waals surface area contributed by atoms with Crippen LogP contribution in [-0.2, 0) is 20.9 Å². The average molecular weight is 387 g/mol. The zero-order chi connectivity index (χ0) is 19.9. The highest BCUT2D eigenvalue weighted by Gasteiger charge is 2.24. The fourth-order valence-electron chi connectivity index (χ4n) is 3.62. The lowest BCUT2D eigenvalue weighted by atomic mass is 10.0. The third kappa shape index (κ3) is 9.66. The molecule has 2 atom stereocenters. The molecule has 0 saturated carbocycles. The third-order valence-electron chi connectivity index (χ3n) is 5.35. The Bertz CT molecular complexity index is 552. The number of unbranched alkanes of at least 4 members (excludes halogenated alkanes) is 9. The average Bonchev–Trinajstić information content (AvgIpc) is 2.72. The summed E-state index contributed by atoms with van der Waals surface area (Å²) >= 11 is 0. The van der Waals surface area contributed by atoms with Crippen LogP contribution in [0, 0.1) is 0 Å². The monoisotopic (exact) mass is 386 g/mol. The predicted octanol–water partition coefficient (Wildman–Crippen LogP) is 6.41.